The summed E-state index contributed by atoms with van der Waals surface area (Å²) in [6.45, 7) is 3.33. The van der Waals surface area contributed by atoms with Crippen LogP contribution >= 0.6 is 0 Å². The zero-order valence-electron chi connectivity index (χ0n) is 11.6. The topological polar surface area (TPSA) is 32.3 Å². The fourth-order valence-electron chi connectivity index (χ4n) is 2.32. The lowest BCUT2D eigenvalue weighted by atomic mass is 10.1. The highest BCUT2D eigenvalue weighted by Crippen LogP contribution is 2.19. The molecule has 1 N–H and O–H groups in total. The van der Waals surface area contributed by atoms with Gasteiger partial charge in [0, 0.05) is 37.3 Å². The number of rotatable bonds is 3. The number of hydrogen-bond acceptors (Lipinski definition) is 2. The van der Waals surface area contributed by atoms with Gasteiger partial charge in [-0.2, -0.15) is 0 Å². The monoisotopic (exact) mass is 280 g/mol. The summed E-state index contributed by atoms with van der Waals surface area (Å²) in [7, 11) is 1.74. The molecule has 1 aromatic carbocycles. The Balaban J connectivity index is 2.14. The van der Waals surface area contributed by atoms with E-state index in [1.165, 1.54) is 18.2 Å². The predicted molar refractivity (Wildman–Crippen MR) is 74.1 cm³/mol. The Morgan fingerprint density at radius 3 is 2.80 bits per heavy atom. The van der Waals surface area contributed by atoms with Crippen LogP contribution < -0.4 is 5.32 Å². The molecule has 1 aliphatic rings. The highest BCUT2D eigenvalue weighted by molar-refractivity contribution is 5.95. The first-order valence-corrected chi connectivity index (χ1v) is 6.60. The van der Waals surface area contributed by atoms with Crippen molar-refractivity contribution >= 4 is 11.5 Å². The van der Waals surface area contributed by atoms with E-state index in [4.69, 9.17) is 0 Å². The summed E-state index contributed by atoms with van der Waals surface area (Å²) in [5, 5.41) is 3.19. The average Bonchev–Trinajstić information content (AvgIpc) is 2.91. The predicted octanol–water partition coefficient (Wildman–Crippen LogP) is 2.19. The van der Waals surface area contributed by atoms with Gasteiger partial charge in [0.05, 0.1) is 0 Å². The van der Waals surface area contributed by atoms with Gasteiger partial charge in [-0.1, -0.05) is 0 Å². The van der Waals surface area contributed by atoms with Crippen LogP contribution in [0.1, 0.15) is 18.9 Å². The summed E-state index contributed by atoms with van der Waals surface area (Å²) in [6, 6.07) is 3.53. The smallest absolute Gasteiger partial charge is 0.246 e. The summed E-state index contributed by atoms with van der Waals surface area (Å²) in [5.41, 5.74) is 0.739. The van der Waals surface area contributed by atoms with Crippen LogP contribution in [-0.2, 0) is 4.79 Å². The van der Waals surface area contributed by atoms with Crippen molar-refractivity contribution in [2.75, 3.05) is 20.1 Å². The Hall–Kier alpha value is -1.75. The van der Waals surface area contributed by atoms with Gasteiger partial charge in [-0.05, 0) is 37.6 Å². The lowest BCUT2D eigenvalue weighted by molar-refractivity contribution is -0.126. The van der Waals surface area contributed by atoms with Crippen LogP contribution in [0.3, 0.4) is 0 Å². The maximum Gasteiger partial charge on any atom is 0.246 e. The zero-order valence-corrected chi connectivity index (χ0v) is 11.6. The number of likely N-dealkylation sites (N-methyl/N-ethyl adjacent to an activating group) is 1. The van der Waals surface area contributed by atoms with Gasteiger partial charge in [0.15, 0.2) is 0 Å². The van der Waals surface area contributed by atoms with Crippen molar-refractivity contribution < 1.29 is 13.6 Å². The SMILES string of the molecule is CC(=CC(=O)N(C)C1CCNC1)c1ccc(F)cc1F. The molecule has 1 unspecified atom stereocenters. The number of benzene rings is 1. The summed E-state index contributed by atoms with van der Waals surface area (Å²) in [6.07, 6.45) is 2.31. The molecular weight excluding hydrogens is 262 g/mol. The molecule has 1 saturated heterocycles. The first-order valence-electron chi connectivity index (χ1n) is 6.60. The molecule has 108 valence electrons. The standard InChI is InChI=1S/C15H18F2N2O/c1-10(13-4-3-11(16)8-14(13)17)7-15(20)19(2)12-5-6-18-9-12/h3-4,7-8,12,18H,5-6,9H2,1-2H3. The van der Waals surface area contributed by atoms with Crippen molar-refractivity contribution in [1.82, 2.24) is 10.2 Å². The van der Waals surface area contributed by atoms with E-state index >= 15 is 0 Å². The molecular formula is C15H18F2N2O. The number of hydrogen-bond donors (Lipinski definition) is 1. The number of amides is 1. The van der Waals surface area contributed by atoms with E-state index in [1.807, 2.05) is 0 Å². The molecule has 0 radical (unpaired) electrons. The number of carbonyl (C=O) groups excluding carboxylic acids is 1. The van der Waals surface area contributed by atoms with Gasteiger partial charge in [-0.25, -0.2) is 8.78 Å². The lowest BCUT2D eigenvalue weighted by Gasteiger charge is -2.22. The number of halogens is 2. The normalized spacial score (nSPS) is 19.2. The Kier molecular flexibility index (Phi) is 4.49. The van der Waals surface area contributed by atoms with Gasteiger partial charge in [0.1, 0.15) is 11.6 Å². The molecule has 1 fully saturated rings. The lowest BCUT2D eigenvalue weighted by Crippen LogP contribution is -2.37. The third-order valence-electron chi connectivity index (χ3n) is 3.63. The largest absolute Gasteiger partial charge is 0.338 e. The molecule has 1 heterocycles. The van der Waals surface area contributed by atoms with Gasteiger partial charge in [0.25, 0.3) is 0 Å². The Morgan fingerprint density at radius 1 is 1.45 bits per heavy atom. The van der Waals surface area contributed by atoms with E-state index in [0.717, 1.165) is 25.6 Å². The molecule has 1 amide bonds. The molecule has 0 aromatic heterocycles. The highest BCUT2D eigenvalue weighted by Gasteiger charge is 2.22. The third-order valence-corrected chi connectivity index (χ3v) is 3.63. The fourth-order valence-corrected chi connectivity index (χ4v) is 2.32. The summed E-state index contributed by atoms with van der Waals surface area (Å²) in [5.74, 6) is -1.45. The van der Waals surface area contributed by atoms with Crippen molar-refractivity contribution in [2.45, 2.75) is 19.4 Å². The van der Waals surface area contributed by atoms with Crippen molar-refractivity contribution in [2.24, 2.45) is 0 Å². The van der Waals surface area contributed by atoms with Crippen molar-refractivity contribution in [3.05, 3.63) is 41.5 Å². The van der Waals surface area contributed by atoms with E-state index in [9.17, 15) is 13.6 Å². The molecule has 5 heteroatoms. The van der Waals surface area contributed by atoms with E-state index in [1.54, 1.807) is 18.9 Å². The maximum atomic E-state index is 13.6. The molecule has 1 atom stereocenters. The van der Waals surface area contributed by atoms with Gasteiger partial charge in [-0.3, -0.25) is 4.79 Å². The second-order valence-electron chi connectivity index (χ2n) is 5.05. The van der Waals surface area contributed by atoms with Gasteiger partial charge in [0.2, 0.25) is 5.91 Å². The zero-order chi connectivity index (χ0) is 14.7. The molecule has 0 aliphatic carbocycles. The minimum absolute atomic E-state index is 0.167. The third kappa shape index (κ3) is 3.22. The molecule has 2 rings (SSSR count). The minimum Gasteiger partial charge on any atom is -0.338 e. The summed E-state index contributed by atoms with van der Waals surface area (Å²) < 4.78 is 26.5. The maximum absolute atomic E-state index is 13.6. The van der Waals surface area contributed by atoms with Crippen LogP contribution in [-0.4, -0.2) is 37.0 Å². The van der Waals surface area contributed by atoms with Gasteiger partial charge in [-0.15, -0.1) is 0 Å². The van der Waals surface area contributed by atoms with Crippen LogP contribution in [0.25, 0.3) is 5.57 Å². The fraction of sp³-hybridized carbons (Fsp3) is 0.400. The van der Waals surface area contributed by atoms with Crippen molar-refractivity contribution in [1.29, 1.82) is 0 Å². The van der Waals surface area contributed by atoms with Crippen LogP contribution in [0.2, 0.25) is 0 Å². The molecule has 0 spiro atoms. The Labute approximate surface area is 117 Å². The molecule has 0 bridgehead atoms. The second kappa shape index (κ2) is 6.13. The molecule has 1 aromatic rings. The number of carbonyl (C=O) groups is 1. The molecule has 0 saturated carbocycles. The van der Waals surface area contributed by atoms with Crippen LogP contribution in [0.5, 0.6) is 0 Å². The van der Waals surface area contributed by atoms with Crippen molar-refractivity contribution in [3.63, 3.8) is 0 Å². The van der Waals surface area contributed by atoms with Crippen LogP contribution in [0, 0.1) is 11.6 Å². The van der Waals surface area contributed by atoms with Crippen LogP contribution in [0.15, 0.2) is 24.3 Å². The Bertz CT molecular complexity index is 537. The van der Waals surface area contributed by atoms with E-state index in [2.05, 4.69) is 5.32 Å². The van der Waals surface area contributed by atoms with Crippen LogP contribution in [0.4, 0.5) is 8.78 Å². The number of allylic oxidation sites excluding steroid dienone is 1. The minimum atomic E-state index is -0.656. The van der Waals surface area contributed by atoms with Gasteiger partial charge < -0.3 is 10.2 Å². The summed E-state index contributed by atoms with van der Waals surface area (Å²) in [4.78, 5) is 13.8. The molecule has 3 nitrogen and oxygen atoms in total. The second-order valence-corrected chi connectivity index (χ2v) is 5.05. The number of nitrogens with zero attached hydrogens (tertiary/aromatic N) is 1. The average molecular weight is 280 g/mol. The van der Waals surface area contributed by atoms with E-state index < -0.39 is 11.6 Å². The molecule has 1 aliphatic heterocycles. The van der Waals surface area contributed by atoms with Gasteiger partial charge >= 0.3 is 0 Å². The first-order chi connectivity index (χ1) is 9.49. The van der Waals surface area contributed by atoms with Crippen molar-refractivity contribution in [3.8, 4) is 0 Å². The van der Waals surface area contributed by atoms with E-state index in [0.29, 0.717) is 5.57 Å². The first kappa shape index (κ1) is 14.7. The highest BCUT2D eigenvalue weighted by atomic mass is 19.1. The Morgan fingerprint density at radius 2 is 2.20 bits per heavy atom. The summed E-state index contributed by atoms with van der Waals surface area (Å²) >= 11 is 0. The molecule has 20 heavy (non-hydrogen) atoms. The number of nitrogens with one attached hydrogen (secondary N) is 1. The quantitative estimate of drug-likeness (QED) is 0.861. The van der Waals surface area contributed by atoms with E-state index in [-0.39, 0.29) is 17.5 Å².